The van der Waals surface area contributed by atoms with Crippen LogP contribution in [0.3, 0.4) is 0 Å². The fourth-order valence-corrected chi connectivity index (χ4v) is 5.94. The van der Waals surface area contributed by atoms with Crippen molar-refractivity contribution in [3.63, 3.8) is 0 Å². The maximum absolute atomic E-state index is 12.6. The number of aliphatic hydroxyl groups excluding tert-OH is 1. The summed E-state index contributed by atoms with van der Waals surface area (Å²) in [6.45, 7) is -0.374. The summed E-state index contributed by atoms with van der Waals surface area (Å²) in [5, 5.41) is 25.0. The van der Waals surface area contributed by atoms with Crippen LogP contribution in [0.5, 0.6) is 0 Å². The van der Waals surface area contributed by atoms with Gasteiger partial charge in [0.05, 0.1) is 12.3 Å². The number of phosphoric acid groups is 3. The van der Waals surface area contributed by atoms with Crippen LogP contribution in [0.2, 0.25) is 0 Å². The van der Waals surface area contributed by atoms with Crippen LogP contribution in [0.15, 0.2) is 11.0 Å². The van der Waals surface area contributed by atoms with Crippen LogP contribution in [0, 0.1) is 11.8 Å². The summed E-state index contributed by atoms with van der Waals surface area (Å²) in [4.78, 5) is 51.4. The van der Waals surface area contributed by atoms with Crippen LogP contribution in [-0.2, 0) is 31.6 Å². The first-order valence-corrected chi connectivity index (χ1v) is 13.1. The third-order valence-corrected chi connectivity index (χ3v) is 7.84. The average molecular weight is 554 g/mol. The fraction of sp³-hybridized carbons (Fsp3) is 0.583. The number of phosphoric ester groups is 1. The van der Waals surface area contributed by atoms with Gasteiger partial charge in [-0.05, 0) is 6.92 Å². The molecule has 1 fully saturated rings. The Labute approximate surface area is 188 Å². The van der Waals surface area contributed by atoms with Crippen molar-refractivity contribution >= 4 is 29.3 Å². The van der Waals surface area contributed by atoms with Crippen molar-refractivity contribution in [3.8, 4) is 11.8 Å². The lowest BCUT2D eigenvalue weighted by molar-refractivity contribution is -0.0932. The number of aliphatic hydroxyl groups is 2. The minimum absolute atomic E-state index is 0.323. The number of hydrogen-bond acceptors (Lipinski definition) is 13. The molecular weight excluding hydrogens is 536 g/mol. The monoisotopic (exact) mass is 554 g/mol. The van der Waals surface area contributed by atoms with E-state index in [1.54, 1.807) is 0 Å². The van der Waals surface area contributed by atoms with Crippen molar-refractivity contribution in [2.45, 2.75) is 37.1 Å². The molecule has 1 saturated heterocycles. The number of rotatable bonds is 8. The molecule has 22 heteroatoms. The molecule has 34 heavy (non-hydrogen) atoms. The number of nitrogen functional groups attached to an aromatic ring is 1. The van der Waals surface area contributed by atoms with Gasteiger partial charge in [-0.2, -0.15) is 23.4 Å². The molecule has 1 aromatic rings. The summed E-state index contributed by atoms with van der Waals surface area (Å²) >= 11 is 0. The van der Waals surface area contributed by atoms with Gasteiger partial charge in [-0.15, -0.1) is 0 Å². The van der Waals surface area contributed by atoms with E-state index in [4.69, 9.17) is 20.3 Å². The molecule has 0 aliphatic carbocycles. The zero-order valence-electron chi connectivity index (χ0n) is 16.7. The number of halogens is 1. The Bertz CT molecular complexity index is 1180. The second-order valence-electron chi connectivity index (χ2n) is 6.47. The summed E-state index contributed by atoms with van der Waals surface area (Å²) in [6, 6.07) is 0. The maximum atomic E-state index is 12.6. The highest BCUT2D eigenvalue weighted by atomic mass is 31.3. The number of aromatic nitrogens is 3. The summed E-state index contributed by atoms with van der Waals surface area (Å²) < 4.78 is 64.2. The van der Waals surface area contributed by atoms with E-state index in [1.165, 1.54) is 0 Å². The zero-order chi connectivity index (χ0) is 26.1. The van der Waals surface area contributed by atoms with Crippen LogP contribution in [0.25, 0.3) is 0 Å². The van der Waals surface area contributed by atoms with E-state index in [9.17, 15) is 42.9 Å². The highest BCUT2D eigenvalue weighted by Gasteiger charge is 2.59. The van der Waals surface area contributed by atoms with Crippen molar-refractivity contribution < 1.29 is 65.8 Å². The number of hydrogen-bond donors (Lipinski definition) is 7. The SMILES string of the molecule is C[C@@H](OP(=O)(O)OP(=O)(O)OP(=O)(O)O)[C@H]1O[C@@H](n2ncc(N)nc2=O)C(O)(C#CCF)[C@H]1O. The number of ether oxygens (including phenoxy) is 1. The minimum Gasteiger partial charge on any atom is -0.386 e. The molecule has 1 aliphatic rings. The predicted molar refractivity (Wildman–Crippen MR) is 104 cm³/mol. The molecule has 0 saturated carbocycles. The summed E-state index contributed by atoms with van der Waals surface area (Å²) in [6.07, 6.45) is -7.01. The van der Waals surface area contributed by atoms with Gasteiger partial charge >= 0.3 is 29.2 Å². The Morgan fingerprint density at radius 2 is 1.91 bits per heavy atom. The minimum atomic E-state index is -5.84. The molecule has 0 amide bonds. The van der Waals surface area contributed by atoms with E-state index >= 15 is 0 Å². The first kappa shape index (κ1) is 28.6. The Hall–Kier alpha value is -1.61. The zero-order valence-corrected chi connectivity index (χ0v) is 19.4. The van der Waals surface area contributed by atoms with E-state index < -0.39 is 66.0 Å². The van der Waals surface area contributed by atoms with E-state index in [0.29, 0.717) is 4.68 Å². The van der Waals surface area contributed by atoms with Crippen LogP contribution in [0.4, 0.5) is 10.2 Å². The van der Waals surface area contributed by atoms with Gasteiger partial charge in [0.1, 0.15) is 24.7 Å². The summed E-state index contributed by atoms with van der Waals surface area (Å²) in [7, 11) is -17.2. The Morgan fingerprint density at radius 3 is 2.44 bits per heavy atom. The van der Waals surface area contributed by atoms with E-state index in [0.717, 1.165) is 13.1 Å². The molecule has 1 aromatic heterocycles. The molecule has 192 valence electrons. The smallest absolute Gasteiger partial charge is 0.386 e. The average Bonchev–Trinajstić information content (AvgIpc) is 2.88. The quantitative estimate of drug-likeness (QED) is 0.134. The fourth-order valence-electron chi connectivity index (χ4n) is 2.74. The third kappa shape index (κ3) is 6.97. The van der Waals surface area contributed by atoms with Crippen molar-refractivity contribution in [3.05, 3.63) is 16.7 Å². The molecule has 0 aromatic carbocycles. The predicted octanol–water partition coefficient (Wildman–Crippen LogP) is -2.09. The third-order valence-electron chi connectivity index (χ3n) is 3.92. The molecule has 0 radical (unpaired) electrons. The van der Waals surface area contributed by atoms with Gasteiger partial charge in [0.2, 0.25) is 5.60 Å². The normalized spacial score (nSPS) is 29.5. The molecule has 2 rings (SSSR count). The van der Waals surface area contributed by atoms with Crippen molar-refractivity contribution in [1.29, 1.82) is 0 Å². The number of anilines is 1. The van der Waals surface area contributed by atoms with Gasteiger partial charge in [-0.1, -0.05) is 11.8 Å². The largest absolute Gasteiger partial charge is 0.490 e. The van der Waals surface area contributed by atoms with Crippen LogP contribution in [-0.4, -0.2) is 75.1 Å². The van der Waals surface area contributed by atoms with Crippen molar-refractivity contribution in [2.24, 2.45) is 0 Å². The van der Waals surface area contributed by atoms with E-state index in [1.807, 2.05) is 11.8 Å². The second kappa shape index (κ2) is 10.2. The van der Waals surface area contributed by atoms with Gasteiger partial charge in [0.25, 0.3) is 0 Å². The Balaban J connectivity index is 2.34. The molecule has 1 aliphatic heterocycles. The van der Waals surface area contributed by atoms with Gasteiger partial charge in [-0.3, -0.25) is 4.52 Å². The van der Waals surface area contributed by atoms with E-state index in [2.05, 4.69) is 23.2 Å². The number of nitrogens with two attached hydrogens (primary N) is 1. The topological polar surface area (TPSA) is 283 Å². The molecule has 3 unspecified atom stereocenters. The van der Waals surface area contributed by atoms with Crippen LogP contribution >= 0.6 is 23.5 Å². The highest BCUT2D eigenvalue weighted by Crippen LogP contribution is 2.66. The summed E-state index contributed by atoms with van der Waals surface area (Å²) in [5.74, 6) is 3.45. The first-order valence-electron chi connectivity index (χ1n) is 8.56. The summed E-state index contributed by atoms with van der Waals surface area (Å²) in [5.41, 5.74) is 1.36. The Morgan fingerprint density at radius 1 is 1.29 bits per heavy atom. The van der Waals surface area contributed by atoms with Gasteiger partial charge in [-0.25, -0.2) is 22.9 Å². The van der Waals surface area contributed by atoms with Crippen molar-refractivity contribution in [2.75, 3.05) is 12.4 Å². The standard InChI is InChI=1S/C12H18FN4O14P3/c1-6(29-33(24,25)31-34(26,27)30-32(21,22)23)8-9(18)12(20,3-2-4-13)10(28-8)17-11(19)16-7(14)5-15-17/h5-6,8-10,18,20H,4H2,1H3,(H,24,25)(H,26,27)(H2,14,16,19)(H2,21,22,23)/t6-,8-,9+,10-,12?/m1/s1. The molecule has 18 nitrogen and oxygen atoms in total. The van der Waals surface area contributed by atoms with Gasteiger partial charge in [0.15, 0.2) is 6.23 Å². The number of nitrogens with zero attached hydrogens (tertiary/aromatic N) is 3. The van der Waals surface area contributed by atoms with E-state index in [-0.39, 0.29) is 5.82 Å². The van der Waals surface area contributed by atoms with Crippen molar-refractivity contribution in [1.82, 2.24) is 14.8 Å². The Kier molecular flexibility index (Phi) is 8.56. The van der Waals surface area contributed by atoms with Crippen LogP contribution < -0.4 is 11.4 Å². The lowest BCUT2D eigenvalue weighted by Gasteiger charge is -2.26. The van der Waals surface area contributed by atoms with Crippen LogP contribution in [0.1, 0.15) is 13.2 Å². The molecule has 7 atom stereocenters. The lowest BCUT2D eigenvalue weighted by Crippen LogP contribution is -2.49. The number of alkyl halides is 1. The molecule has 0 spiro atoms. The second-order valence-corrected chi connectivity index (χ2v) is 10.8. The first-order chi connectivity index (χ1) is 15.4. The lowest BCUT2D eigenvalue weighted by atomic mass is 9.93. The molecule has 8 N–H and O–H groups in total. The highest BCUT2D eigenvalue weighted by molar-refractivity contribution is 7.66. The van der Waals surface area contributed by atoms with Gasteiger partial charge in [0, 0.05) is 0 Å². The molecule has 0 bridgehead atoms. The van der Waals surface area contributed by atoms with Gasteiger partial charge < -0.3 is 40.3 Å². The maximum Gasteiger partial charge on any atom is 0.490 e. The molecular formula is C12H18FN4O14P3. The molecule has 2 heterocycles.